The summed E-state index contributed by atoms with van der Waals surface area (Å²) < 4.78 is 0. The van der Waals surface area contributed by atoms with Crippen LogP contribution in [0.15, 0.2) is 36.4 Å². The summed E-state index contributed by atoms with van der Waals surface area (Å²) >= 11 is 0. The highest BCUT2D eigenvalue weighted by atomic mass is 16.3. The minimum Gasteiger partial charge on any atom is -0.507 e. The highest BCUT2D eigenvalue weighted by Crippen LogP contribution is 2.27. The van der Waals surface area contributed by atoms with Crippen molar-refractivity contribution in [1.82, 2.24) is 5.32 Å². The summed E-state index contributed by atoms with van der Waals surface area (Å²) in [5.74, 6) is 0.348. The molecule has 0 aromatic heterocycles. The Morgan fingerprint density at radius 1 is 1.07 bits per heavy atom. The fourth-order valence-corrected chi connectivity index (χ4v) is 1.69. The van der Waals surface area contributed by atoms with Crippen LogP contribution in [0.3, 0.4) is 0 Å². The first-order valence-corrected chi connectivity index (χ1v) is 4.67. The fourth-order valence-electron chi connectivity index (χ4n) is 1.69. The van der Waals surface area contributed by atoms with Crippen LogP contribution in [0.4, 0.5) is 0 Å². The monoisotopic (exact) mass is 187 g/mol. The summed E-state index contributed by atoms with van der Waals surface area (Å²) in [7, 11) is 1.92. The minimum absolute atomic E-state index is 0.348. The summed E-state index contributed by atoms with van der Waals surface area (Å²) in [5, 5.41) is 14.8. The molecule has 2 N–H and O–H groups in total. The first kappa shape index (κ1) is 9.03. The first-order chi connectivity index (χ1) is 6.83. The molecule has 2 nitrogen and oxygen atoms in total. The van der Waals surface area contributed by atoms with Gasteiger partial charge in [-0.15, -0.1) is 0 Å². The maximum Gasteiger partial charge on any atom is 0.123 e. The van der Waals surface area contributed by atoms with Crippen molar-refractivity contribution in [3.05, 3.63) is 42.0 Å². The number of fused-ring (bicyclic) bond motifs is 1. The van der Waals surface area contributed by atoms with Crippen molar-refractivity contribution in [3.63, 3.8) is 0 Å². The Morgan fingerprint density at radius 3 is 2.50 bits per heavy atom. The van der Waals surface area contributed by atoms with Crippen LogP contribution in [0.25, 0.3) is 10.8 Å². The molecule has 0 aliphatic rings. The zero-order chi connectivity index (χ0) is 9.97. The molecule has 2 heteroatoms. The van der Waals surface area contributed by atoms with Crippen LogP contribution < -0.4 is 5.32 Å². The molecule has 0 unspecified atom stereocenters. The molecule has 0 radical (unpaired) electrons. The van der Waals surface area contributed by atoms with Crippen LogP contribution in [0.5, 0.6) is 5.75 Å². The molecule has 14 heavy (non-hydrogen) atoms. The van der Waals surface area contributed by atoms with Crippen molar-refractivity contribution in [2.75, 3.05) is 7.05 Å². The molecule has 2 aromatic carbocycles. The van der Waals surface area contributed by atoms with Crippen LogP contribution in [-0.2, 0) is 6.54 Å². The standard InChI is InChI=1S/C12H13NO/c1-13-8-9-6-7-12(14)11-5-3-2-4-10(9)11/h2-7,13-14H,8H2,1H3. The van der Waals surface area contributed by atoms with E-state index in [0.29, 0.717) is 5.75 Å². The van der Waals surface area contributed by atoms with Gasteiger partial charge in [-0.05, 0) is 24.1 Å². The van der Waals surface area contributed by atoms with Crippen molar-refractivity contribution in [2.24, 2.45) is 0 Å². The fraction of sp³-hybridized carbons (Fsp3) is 0.167. The number of aromatic hydroxyl groups is 1. The van der Waals surface area contributed by atoms with Gasteiger partial charge in [0.05, 0.1) is 0 Å². The third kappa shape index (κ3) is 1.44. The normalized spacial score (nSPS) is 10.6. The van der Waals surface area contributed by atoms with Gasteiger partial charge >= 0.3 is 0 Å². The van der Waals surface area contributed by atoms with Crippen molar-refractivity contribution in [2.45, 2.75) is 6.54 Å². The summed E-state index contributed by atoms with van der Waals surface area (Å²) in [6.07, 6.45) is 0. The Balaban J connectivity index is 2.68. The van der Waals surface area contributed by atoms with Crippen molar-refractivity contribution < 1.29 is 5.11 Å². The molecule has 0 spiro atoms. The van der Waals surface area contributed by atoms with E-state index >= 15 is 0 Å². The number of benzene rings is 2. The molecule has 0 saturated heterocycles. The van der Waals surface area contributed by atoms with Gasteiger partial charge in [0.15, 0.2) is 0 Å². The van der Waals surface area contributed by atoms with E-state index in [1.54, 1.807) is 6.07 Å². The van der Waals surface area contributed by atoms with Gasteiger partial charge in [0.1, 0.15) is 5.75 Å². The molecule has 0 amide bonds. The van der Waals surface area contributed by atoms with Crippen LogP contribution in [0.1, 0.15) is 5.56 Å². The van der Waals surface area contributed by atoms with E-state index < -0.39 is 0 Å². The van der Waals surface area contributed by atoms with Crippen molar-refractivity contribution >= 4 is 10.8 Å². The number of hydrogen-bond acceptors (Lipinski definition) is 2. The van der Waals surface area contributed by atoms with Gasteiger partial charge in [-0.25, -0.2) is 0 Å². The second-order valence-electron chi connectivity index (χ2n) is 3.32. The van der Waals surface area contributed by atoms with Crippen molar-refractivity contribution in [3.8, 4) is 5.75 Å². The third-order valence-corrected chi connectivity index (χ3v) is 2.36. The summed E-state index contributed by atoms with van der Waals surface area (Å²) in [6, 6.07) is 11.6. The van der Waals surface area contributed by atoms with Gasteiger partial charge in [0, 0.05) is 11.9 Å². The predicted octanol–water partition coefficient (Wildman–Crippen LogP) is 2.26. The third-order valence-electron chi connectivity index (χ3n) is 2.36. The van der Waals surface area contributed by atoms with Crippen molar-refractivity contribution in [1.29, 1.82) is 0 Å². The molecule has 72 valence electrons. The largest absolute Gasteiger partial charge is 0.507 e. The molecule has 0 saturated carbocycles. The highest BCUT2D eigenvalue weighted by molar-refractivity contribution is 5.90. The van der Waals surface area contributed by atoms with Crippen LogP contribution in [0.2, 0.25) is 0 Å². The lowest BCUT2D eigenvalue weighted by Crippen LogP contribution is -2.05. The summed E-state index contributed by atoms with van der Waals surface area (Å²) in [5.41, 5.74) is 1.21. The van der Waals surface area contributed by atoms with Gasteiger partial charge in [-0.1, -0.05) is 30.3 Å². The van der Waals surface area contributed by atoms with Gasteiger partial charge in [-0.2, -0.15) is 0 Å². The minimum atomic E-state index is 0.348. The molecule has 0 fully saturated rings. The van der Waals surface area contributed by atoms with Crippen LogP contribution in [0, 0.1) is 0 Å². The molecule has 0 aliphatic heterocycles. The number of phenols is 1. The Bertz CT molecular complexity index is 451. The zero-order valence-corrected chi connectivity index (χ0v) is 8.12. The average molecular weight is 187 g/mol. The Labute approximate surface area is 83.2 Å². The van der Waals surface area contributed by atoms with Gasteiger partial charge in [0.2, 0.25) is 0 Å². The maximum atomic E-state index is 9.64. The van der Waals surface area contributed by atoms with Gasteiger partial charge < -0.3 is 10.4 Å². The van der Waals surface area contributed by atoms with Gasteiger partial charge in [0.25, 0.3) is 0 Å². The smallest absolute Gasteiger partial charge is 0.123 e. The van der Waals surface area contributed by atoms with E-state index in [0.717, 1.165) is 17.3 Å². The van der Waals surface area contributed by atoms with E-state index in [4.69, 9.17) is 0 Å². The quantitative estimate of drug-likeness (QED) is 0.755. The van der Waals surface area contributed by atoms with Crippen LogP contribution in [-0.4, -0.2) is 12.2 Å². The second-order valence-corrected chi connectivity index (χ2v) is 3.32. The second kappa shape index (κ2) is 3.68. The molecule has 0 atom stereocenters. The topological polar surface area (TPSA) is 32.3 Å². The highest BCUT2D eigenvalue weighted by Gasteiger charge is 2.02. The molecular formula is C12H13NO. The van der Waals surface area contributed by atoms with Gasteiger partial charge in [-0.3, -0.25) is 0 Å². The summed E-state index contributed by atoms with van der Waals surface area (Å²) in [6.45, 7) is 0.820. The number of nitrogens with one attached hydrogen (secondary N) is 1. The van der Waals surface area contributed by atoms with Crippen LogP contribution >= 0.6 is 0 Å². The molecular weight excluding hydrogens is 174 g/mol. The maximum absolute atomic E-state index is 9.64. The Kier molecular flexibility index (Phi) is 2.37. The lowest BCUT2D eigenvalue weighted by Gasteiger charge is -2.07. The molecule has 2 aromatic rings. The molecule has 2 rings (SSSR count). The Hall–Kier alpha value is -1.54. The average Bonchev–Trinajstić information content (AvgIpc) is 2.23. The predicted molar refractivity (Wildman–Crippen MR) is 58.4 cm³/mol. The van der Waals surface area contributed by atoms with E-state index in [9.17, 15) is 5.11 Å². The van der Waals surface area contributed by atoms with E-state index in [1.807, 2.05) is 37.4 Å². The van der Waals surface area contributed by atoms with E-state index in [2.05, 4.69) is 5.32 Å². The number of phenolic OH excluding ortho intramolecular Hbond substituents is 1. The lowest BCUT2D eigenvalue weighted by atomic mass is 10.0. The number of rotatable bonds is 2. The molecule has 0 bridgehead atoms. The SMILES string of the molecule is CNCc1ccc(O)c2ccccc12. The molecule has 0 heterocycles. The zero-order valence-electron chi connectivity index (χ0n) is 8.12. The van der Waals surface area contributed by atoms with E-state index in [-0.39, 0.29) is 0 Å². The number of hydrogen-bond donors (Lipinski definition) is 2. The lowest BCUT2D eigenvalue weighted by molar-refractivity contribution is 0.481. The van der Waals surface area contributed by atoms with E-state index in [1.165, 1.54) is 5.56 Å². The summed E-state index contributed by atoms with van der Waals surface area (Å²) in [4.78, 5) is 0. The molecule has 0 aliphatic carbocycles. The first-order valence-electron chi connectivity index (χ1n) is 4.67. The Morgan fingerprint density at radius 2 is 1.79 bits per heavy atom.